The molecule has 0 atom stereocenters. The van der Waals surface area contributed by atoms with Gasteiger partial charge in [-0.25, -0.2) is 12.7 Å². The van der Waals surface area contributed by atoms with Crippen LogP contribution in [0.15, 0.2) is 27.7 Å². The van der Waals surface area contributed by atoms with Crippen molar-refractivity contribution in [2.75, 3.05) is 14.1 Å². The molecule has 0 amide bonds. The van der Waals surface area contributed by atoms with Gasteiger partial charge in [-0.15, -0.1) is 0 Å². The molecule has 0 radical (unpaired) electrons. The molecule has 0 aliphatic heterocycles. The van der Waals surface area contributed by atoms with Crippen LogP contribution in [0.25, 0.3) is 10.9 Å². The Bertz CT molecular complexity index is 763. The van der Waals surface area contributed by atoms with Crippen LogP contribution in [-0.2, 0) is 16.6 Å². The lowest BCUT2D eigenvalue weighted by Gasteiger charge is -2.08. The summed E-state index contributed by atoms with van der Waals surface area (Å²) >= 11 is 3.40. The first-order valence-electron chi connectivity index (χ1n) is 6.48. The number of sulfonamides is 1. The monoisotopic (exact) mass is 357 g/mol. The first kappa shape index (κ1) is 14.0. The lowest BCUT2D eigenvalue weighted by atomic mass is 10.2. The van der Waals surface area contributed by atoms with Crippen molar-refractivity contribution in [3.63, 3.8) is 0 Å². The molecule has 1 heterocycles. The van der Waals surface area contributed by atoms with E-state index in [1.165, 1.54) is 31.2 Å². The van der Waals surface area contributed by atoms with Gasteiger partial charge in [0.15, 0.2) is 5.03 Å². The molecule has 0 N–H and O–H groups in total. The SMILES string of the molecule is CN(C)S(=O)(=O)c1nn(CC2CC2)c2ccc(Br)cc12. The van der Waals surface area contributed by atoms with Crippen molar-refractivity contribution in [2.24, 2.45) is 5.92 Å². The molecule has 5 nitrogen and oxygen atoms in total. The van der Waals surface area contributed by atoms with Crippen LogP contribution in [0.1, 0.15) is 12.8 Å². The first-order chi connectivity index (χ1) is 9.39. The quantitative estimate of drug-likeness (QED) is 0.844. The summed E-state index contributed by atoms with van der Waals surface area (Å²) in [4.78, 5) is 0. The highest BCUT2D eigenvalue weighted by Crippen LogP contribution is 2.33. The van der Waals surface area contributed by atoms with Gasteiger partial charge < -0.3 is 0 Å². The Morgan fingerprint density at radius 1 is 1.40 bits per heavy atom. The van der Waals surface area contributed by atoms with Gasteiger partial charge in [0.25, 0.3) is 10.0 Å². The second kappa shape index (κ2) is 4.82. The third kappa shape index (κ3) is 2.38. The minimum atomic E-state index is -3.53. The molecular weight excluding hydrogens is 342 g/mol. The van der Waals surface area contributed by atoms with Crippen molar-refractivity contribution >= 4 is 36.9 Å². The summed E-state index contributed by atoms with van der Waals surface area (Å²) in [5, 5.41) is 5.18. The predicted molar refractivity (Wildman–Crippen MR) is 81.0 cm³/mol. The molecule has 0 bridgehead atoms. The van der Waals surface area contributed by atoms with Gasteiger partial charge in [-0.1, -0.05) is 15.9 Å². The average molecular weight is 358 g/mol. The third-order valence-corrected chi connectivity index (χ3v) is 5.78. The molecule has 0 spiro atoms. The van der Waals surface area contributed by atoms with Crippen LogP contribution in [0.5, 0.6) is 0 Å². The van der Waals surface area contributed by atoms with E-state index < -0.39 is 10.0 Å². The van der Waals surface area contributed by atoms with E-state index in [4.69, 9.17) is 0 Å². The number of aromatic nitrogens is 2. The van der Waals surface area contributed by atoms with E-state index in [9.17, 15) is 8.42 Å². The van der Waals surface area contributed by atoms with Gasteiger partial charge in [-0.05, 0) is 37.0 Å². The molecule has 1 saturated carbocycles. The molecule has 0 saturated heterocycles. The number of benzene rings is 1. The summed E-state index contributed by atoms with van der Waals surface area (Å²) < 4.78 is 28.7. The van der Waals surface area contributed by atoms with Crippen molar-refractivity contribution in [1.29, 1.82) is 0 Å². The van der Waals surface area contributed by atoms with Gasteiger partial charge in [0.2, 0.25) is 0 Å². The molecule has 2 aromatic rings. The van der Waals surface area contributed by atoms with Crippen molar-refractivity contribution in [2.45, 2.75) is 24.4 Å². The van der Waals surface area contributed by atoms with Crippen LogP contribution in [0.3, 0.4) is 0 Å². The summed E-state index contributed by atoms with van der Waals surface area (Å²) in [7, 11) is -0.481. The molecular formula is C13H16BrN3O2S. The van der Waals surface area contributed by atoms with E-state index in [0.29, 0.717) is 11.3 Å². The minimum absolute atomic E-state index is 0.138. The van der Waals surface area contributed by atoms with Gasteiger partial charge in [0.1, 0.15) is 0 Å². The number of hydrogen-bond acceptors (Lipinski definition) is 3. The maximum absolute atomic E-state index is 12.4. The van der Waals surface area contributed by atoms with Crippen molar-refractivity contribution < 1.29 is 8.42 Å². The number of halogens is 1. The Morgan fingerprint density at radius 3 is 2.70 bits per heavy atom. The Hall–Kier alpha value is -0.920. The van der Waals surface area contributed by atoms with Crippen molar-refractivity contribution in [3.8, 4) is 0 Å². The van der Waals surface area contributed by atoms with E-state index in [-0.39, 0.29) is 5.03 Å². The fourth-order valence-electron chi connectivity index (χ4n) is 2.17. The normalized spacial score (nSPS) is 16.2. The number of hydrogen-bond donors (Lipinski definition) is 0. The average Bonchev–Trinajstić information content (AvgIpc) is 3.11. The second-order valence-corrected chi connectivity index (χ2v) is 8.36. The Morgan fingerprint density at radius 2 is 2.10 bits per heavy atom. The standard InChI is InChI=1S/C13H16BrN3O2S/c1-16(2)20(18,19)13-11-7-10(14)5-6-12(11)17(15-13)8-9-3-4-9/h5-7,9H,3-4,8H2,1-2H3. The highest BCUT2D eigenvalue weighted by atomic mass is 79.9. The van der Waals surface area contributed by atoms with Crippen LogP contribution in [0, 0.1) is 5.92 Å². The van der Waals surface area contributed by atoms with Crippen LogP contribution in [-0.4, -0.2) is 36.6 Å². The van der Waals surface area contributed by atoms with Crippen molar-refractivity contribution in [3.05, 3.63) is 22.7 Å². The number of nitrogens with zero attached hydrogens (tertiary/aromatic N) is 3. The van der Waals surface area contributed by atoms with E-state index in [0.717, 1.165) is 16.5 Å². The van der Waals surface area contributed by atoms with E-state index in [1.54, 1.807) is 0 Å². The molecule has 0 unspecified atom stereocenters. The summed E-state index contributed by atoms with van der Waals surface area (Å²) in [5.74, 6) is 0.636. The molecule has 1 aliphatic carbocycles. The summed E-state index contributed by atoms with van der Waals surface area (Å²) in [5.41, 5.74) is 0.875. The highest BCUT2D eigenvalue weighted by molar-refractivity contribution is 9.10. The van der Waals surface area contributed by atoms with Crippen molar-refractivity contribution in [1.82, 2.24) is 14.1 Å². The zero-order valence-corrected chi connectivity index (χ0v) is 13.8. The molecule has 1 aromatic heterocycles. The fraction of sp³-hybridized carbons (Fsp3) is 0.462. The maximum atomic E-state index is 12.4. The molecule has 108 valence electrons. The first-order valence-corrected chi connectivity index (χ1v) is 8.71. The molecule has 1 aliphatic rings. The van der Waals surface area contributed by atoms with Crippen LogP contribution >= 0.6 is 15.9 Å². The lowest BCUT2D eigenvalue weighted by molar-refractivity contribution is 0.508. The Balaban J connectivity index is 2.22. The van der Waals surface area contributed by atoms with E-state index in [2.05, 4.69) is 21.0 Å². The minimum Gasteiger partial charge on any atom is -0.263 e. The van der Waals surface area contributed by atoms with Gasteiger partial charge in [0.05, 0.1) is 5.52 Å². The third-order valence-electron chi connectivity index (χ3n) is 3.53. The van der Waals surface area contributed by atoms with Crippen LogP contribution in [0.2, 0.25) is 0 Å². The molecule has 3 rings (SSSR count). The largest absolute Gasteiger partial charge is 0.263 e. The van der Waals surface area contributed by atoms with Gasteiger partial charge >= 0.3 is 0 Å². The maximum Gasteiger partial charge on any atom is 0.262 e. The van der Waals surface area contributed by atoms with Crippen LogP contribution < -0.4 is 0 Å². The second-order valence-electron chi connectivity index (χ2n) is 5.38. The molecule has 7 heteroatoms. The molecule has 1 aromatic carbocycles. The molecule has 1 fully saturated rings. The lowest BCUT2D eigenvalue weighted by Crippen LogP contribution is -2.23. The summed E-state index contributed by atoms with van der Waals surface area (Å²) in [6.07, 6.45) is 2.40. The van der Waals surface area contributed by atoms with Gasteiger partial charge in [-0.3, -0.25) is 4.68 Å². The summed E-state index contributed by atoms with van der Waals surface area (Å²) in [6.45, 7) is 0.793. The number of fused-ring (bicyclic) bond motifs is 1. The van der Waals surface area contributed by atoms with Gasteiger partial charge in [-0.2, -0.15) is 5.10 Å². The Labute approximate surface area is 126 Å². The zero-order chi connectivity index (χ0) is 14.5. The highest BCUT2D eigenvalue weighted by Gasteiger charge is 2.28. The van der Waals surface area contributed by atoms with Gasteiger partial charge in [0, 0.05) is 30.5 Å². The Kier molecular flexibility index (Phi) is 3.38. The smallest absolute Gasteiger partial charge is 0.262 e. The zero-order valence-electron chi connectivity index (χ0n) is 11.4. The van der Waals surface area contributed by atoms with E-state index >= 15 is 0 Å². The fourth-order valence-corrected chi connectivity index (χ4v) is 3.52. The topological polar surface area (TPSA) is 55.2 Å². The van der Waals surface area contributed by atoms with E-state index in [1.807, 2.05) is 22.9 Å². The van der Waals surface area contributed by atoms with Crippen LogP contribution in [0.4, 0.5) is 0 Å². The summed E-state index contributed by atoms with van der Waals surface area (Å²) in [6, 6.07) is 5.66. The predicted octanol–water partition coefficient (Wildman–Crippen LogP) is 2.46. The number of rotatable bonds is 4. The molecule has 20 heavy (non-hydrogen) atoms.